The van der Waals surface area contributed by atoms with Gasteiger partial charge in [0.05, 0.1) is 23.4 Å². The SMILES string of the molecule is Cn1c(=O)c(OCCNC(=O)CBr)cc2cc(Nc3cc(N4CCC[C@H]4COC(=O)CBr)nc4ncnn34)ccc21. The number of halogens is 2. The van der Waals surface area contributed by atoms with Gasteiger partial charge in [-0.25, -0.2) is 0 Å². The number of amides is 1. The minimum atomic E-state index is -0.302. The fourth-order valence-corrected chi connectivity index (χ4v) is 5.12. The highest BCUT2D eigenvalue weighted by atomic mass is 79.9. The van der Waals surface area contributed by atoms with Crippen LogP contribution in [0, 0.1) is 0 Å². The number of nitrogens with zero attached hydrogens (tertiary/aromatic N) is 6. The summed E-state index contributed by atoms with van der Waals surface area (Å²) in [6.07, 6.45) is 3.28. The van der Waals surface area contributed by atoms with Gasteiger partial charge in [0, 0.05) is 30.7 Å². The zero-order chi connectivity index (χ0) is 28.9. The summed E-state index contributed by atoms with van der Waals surface area (Å²) in [6.45, 7) is 1.50. The highest BCUT2D eigenvalue weighted by Crippen LogP contribution is 2.29. The van der Waals surface area contributed by atoms with E-state index in [0.29, 0.717) is 17.4 Å². The van der Waals surface area contributed by atoms with E-state index in [1.165, 1.54) is 10.9 Å². The number of carbonyl (C=O) groups excluding carboxylic acids is 2. The van der Waals surface area contributed by atoms with E-state index in [9.17, 15) is 14.4 Å². The highest BCUT2D eigenvalue weighted by molar-refractivity contribution is 9.09. The van der Waals surface area contributed by atoms with E-state index in [4.69, 9.17) is 14.5 Å². The maximum absolute atomic E-state index is 12.8. The first-order valence-corrected chi connectivity index (χ1v) is 15.2. The number of hydrogen-bond donors (Lipinski definition) is 2. The number of pyridine rings is 1. The van der Waals surface area contributed by atoms with Crippen LogP contribution in [-0.2, 0) is 21.4 Å². The van der Waals surface area contributed by atoms with Crippen molar-refractivity contribution in [3.8, 4) is 5.75 Å². The van der Waals surface area contributed by atoms with Crippen LogP contribution >= 0.6 is 31.9 Å². The fourth-order valence-electron chi connectivity index (χ4n) is 4.76. The largest absolute Gasteiger partial charge is 0.486 e. The second-order valence-corrected chi connectivity index (χ2v) is 10.5. The molecule has 0 spiro atoms. The smallest absolute Gasteiger partial charge is 0.316 e. The van der Waals surface area contributed by atoms with Crippen LogP contribution in [0.2, 0.25) is 0 Å². The molecule has 1 aliphatic rings. The molecule has 41 heavy (non-hydrogen) atoms. The van der Waals surface area contributed by atoms with Crippen LogP contribution in [0.1, 0.15) is 12.8 Å². The molecule has 1 aliphatic heterocycles. The first-order chi connectivity index (χ1) is 19.9. The lowest BCUT2D eigenvalue weighted by atomic mass is 10.2. The Morgan fingerprint density at radius 2 is 2.02 bits per heavy atom. The molecule has 15 heteroatoms. The molecule has 0 unspecified atom stereocenters. The van der Waals surface area contributed by atoms with Gasteiger partial charge in [-0.05, 0) is 37.1 Å². The average Bonchev–Trinajstić information content (AvgIpc) is 3.66. The number of carbonyl (C=O) groups is 2. The van der Waals surface area contributed by atoms with E-state index in [-0.39, 0.29) is 59.6 Å². The van der Waals surface area contributed by atoms with Crippen LogP contribution in [0.5, 0.6) is 5.75 Å². The van der Waals surface area contributed by atoms with E-state index < -0.39 is 0 Å². The van der Waals surface area contributed by atoms with Crippen LogP contribution in [-0.4, -0.2) is 79.0 Å². The molecule has 3 aromatic heterocycles. The van der Waals surface area contributed by atoms with E-state index >= 15 is 0 Å². The van der Waals surface area contributed by atoms with Gasteiger partial charge in [0.15, 0.2) is 5.75 Å². The first-order valence-electron chi connectivity index (χ1n) is 12.9. The molecule has 4 aromatic rings. The summed E-state index contributed by atoms with van der Waals surface area (Å²) in [5.74, 6) is 1.51. The maximum atomic E-state index is 12.8. The number of benzene rings is 1. The molecule has 1 aromatic carbocycles. The van der Waals surface area contributed by atoms with Crippen molar-refractivity contribution in [3.63, 3.8) is 0 Å². The molecule has 0 saturated carbocycles. The van der Waals surface area contributed by atoms with Crippen LogP contribution in [0.3, 0.4) is 0 Å². The van der Waals surface area contributed by atoms with Gasteiger partial charge in [0.25, 0.3) is 11.3 Å². The van der Waals surface area contributed by atoms with Gasteiger partial charge in [-0.1, -0.05) is 31.9 Å². The number of nitrogens with one attached hydrogen (secondary N) is 2. The molecule has 4 heterocycles. The first kappa shape index (κ1) is 28.8. The number of alkyl halides is 2. The molecular formula is C26H28Br2N8O5. The Morgan fingerprint density at radius 3 is 2.83 bits per heavy atom. The Morgan fingerprint density at radius 1 is 1.17 bits per heavy atom. The molecule has 1 saturated heterocycles. The number of fused-ring (bicyclic) bond motifs is 2. The molecule has 1 fully saturated rings. The van der Waals surface area contributed by atoms with Gasteiger partial charge in [-0.3, -0.25) is 14.4 Å². The zero-order valence-electron chi connectivity index (χ0n) is 22.2. The number of anilines is 3. The summed E-state index contributed by atoms with van der Waals surface area (Å²) in [5, 5.41) is 11.6. The minimum Gasteiger partial charge on any atom is -0.486 e. The van der Waals surface area contributed by atoms with E-state index in [1.807, 2.05) is 24.3 Å². The summed E-state index contributed by atoms with van der Waals surface area (Å²) in [6, 6.07) is 9.24. The van der Waals surface area contributed by atoms with Crippen molar-refractivity contribution in [3.05, 3.63) is 47.0 Å². The maximum Gasteiger partial charge on any atom is 0.316 e. The summed E-state index contributed by atoms with van der Waals surface area (Å²) in [4.78, 5) is 47.0. The summed E-state index contributed by atoms with van der Waals surface area (Å²) < 4.78 is 14.2. The van der Waals surface area contributed by atoms with Crippen molar-refractivity contribution >= 4 is 77.7 Å². The second-order valence-electron chi connectivity index (χ2n) is 9.38. The topological polar surface area (TPSA) is 145 Å². The van der Waals surface area contributed by atoms with Gasteiger partial charge in [0.1, 0.15) is 36.5 Å². The van der Waals surface area contributed by atoms with Crippen molar-refractivity contribution < 1.29 is 19.1 Å². The minimum absolute atomic E-state index is 0.0110. The van der Waals surface area contributed by atoms with Crippen molar-refractivity contribution in [1.82, 2.24) is 29.5 Å². The van der Waals surface area contributed by atoms with Crippen molar-refractivity contribution in [2.75, 3.05) is 47.2 Å². The molecule has 1 atom stereocenters. The molecule has 1 amide bonds. The lowest BCUT2D eigenvalue weighted by Crippen LogP contribution is -2.34. The van der Waals surface area contributed by atoms with E-state index in [0.717, 1.165) is 36.0 Å². The number of ether oxygens (including phenoxy) is 2. The van der Waals surface area contributed by atoms with Crippen molar-refractivity contribution in [1.29, 1.82) is 0 Å². The van der Waals surface area contributed by atoms with Crippen molar-refractivity contribution in [2.24, 2.45) is 7.05 Å². The molecule has 2 N–H and O–H groups in total. The van der Waals surface area contributed by atoms with Gasteiger partial charge in [-0.2, -0.15) is 19.6 Å². The van der Waals surface area contributed by atoms with Crippen molar-refractivity contribution in [2.45, 2.75) is 18.9 Å². The molecule has 5 rings (SSSR count). The second kappa shape index (κ2) is 12.9. The Balaban J connectivity index is 1.40. The molecule has 13 nitrogen and oxygen atoms in total. The number of aromatic nitrogens is 5. The van der Waals surface area contributed by atoms with E-state index in [2.05, 4.69) is 57.5 Å². The van der Waals surface area contributed by atoms with Crippen LogP contribution < -0.4 is 25.8 Å². The number of esters is 1. The molecule has 0 bridgehead atoms. The van der Waals surface area contributed by atoms with E-state index in [1.54, 1.807) is 17.6 Å². The summed E-state index contributed by atoms with van der Waals surface area (Å²) >= 11 is 6.22. The Bertz CT molecular complexity index is 1640. The lowest BCUT2D eigenvalue weighted by Gasteiger charge is -2.26. The van der Waals surface area contributed by atoms with Crippen LogP contribution in [0.15, 0.2) is 41.5 Å². The number of aryl methyl sites for hydroxylation is 1. The third-order valence-corrected chi connectivity index (χ3v) is 7.69. The third-order valence-electron chi connectivity index (χ3n) is 6.72. The number of hydrogen-bond acceptors (Lipinski definition) is 10. The number of rotatable bonds is 11. The van der Waals surface area contributed by atoms with Crippen LogP contribution in [0.4, 0.5) is 17.3 Å². The Labute approximate surface area is 251 Å². The lowest BCUT2D eigenvalue weighted by molar-refractivity contribution is -0.140. The fraction of sp³-hybridized carbons (Fsp3) is 0.385. The normalized spacial score (nSPS) is 14.9. The summed E-state index contributed by atoms with van der Waals surface area (Å²) in [5.41, 5.74) is 1.22. The molecule has 216 valence electrons. The molecule has 0 radical (unpaired) electrons. The Kier molecular flexibility index (Phi) is 9.03. The summed E-state index contributed by atoms with van der Waals surface area (Å²) in [7, 11) is 1.69. The Hall–Kier alpha value is -3.72. The predicted octanol–water partition coefficient (Wildman–Crippen LogP) is 2.52. The van der Waals surface area contributed by atoms with Gasteiger partial charge in [0.2, 0.25) is 5.91 Å². The van der Waals surface area contributed by atoms with Gasteiger partial charge in [-0.15, -0.1) is 0 Å². The van der Waals surface area contributed by atoms with Gasteiger partial charge >= 0.3 is 5.97 Å². The quantitative estimate of drug-likeness (QED) is 0.137. The molecular weight excluding hydrogens is 664 g/mol. The monoisotopic (exact) mass is 690 g/mol. The predicted molar refractivity (Wildman–Crippen MR) is 161 cm³/mol. The zero-order valence-corrected chi connectivity index (χ0v) is 25.4. The van der Waals surface area contributed by atoms with Gasteiger partial charge < -0.3 is 29.6 Å². The standard InChI is InChI=1S/C26H28Br2N8O5/c1-34-19-5-4-17(9-16(19)10-20(25(34)39)40-8-6-29-23(37)12-27)32-22-11-21(33-26-30-15-31-36(22)26)35-7-2-3-18(35)14-41-24(38)13-28/h4-5,9-11,15,18,32H,2-3,6-8,12-14H2,1H3,(H,29,37)/t18-/m0/s1. The molecule has 0 aliphatic carbocycles. The third kappa shape index (κ3) is 6.45. The average molecular weight is 692 g/mol. The highest BCUT2D eigenvalue weighted by Gasteiger charge is 2.28. The van der Waals surface area contributed by atoms with Crippen LogP contribution in [0.25, 0.3) is 16.7 Å².